The van der Waals surface area contributed by atoms with E-state index in [1.807, 2.05) is 17.0 Å². The van der Waals surface area contributed by atoms with Gasteiger partial charge in [0.25, 0.3) is 0 Å². The number of nitrogens with zero attached hydrogens (tertiary/aromatic N) is 1. The minimum absolute atomic E-state index is 0. The van der Waals surface area contributed by atoms with Crippen LogP contribution in [0.15, 0.2) is 35.0 Å². The highest BCUT2D eigenvalue weighted by molar-refractivity contribution is 7.10. The molecule has 1 atom stereocenters. The topological polar surface area (TPSA) is 41.6 Å². The van der Waals surface area contributed by atoms with Gasteiger partial charge in [-0.15, -0.1) is 35.1 Å². The molecule has 0 aliphatic carbocycles. The molecule has 0 radical (unpaired) electrons. The van der Waals surface area contributed by atoms with Crippen molar-refractivity contribution in [1.82, 2.24) is 10.2 Å². The summed E-state index contributed by atoms with van der Waals surface area (Å²) in [5.41, 5.74) is 0. The van der Waals surface area contributed by atoms with Crippen LogP contribution >= 0.6 is 35.1 Å². The highest BCUT2D eigenvalue weighted by Crippen LogP contribution is 2.19. The van der Waals surface area contributed by atoms with E-state index in [2.05, 4.69) is 28.2 Å². The van der Waals surface area contributed by atoms with E-state index in [1.54, 1.807) is 22.7 Å². The fourth-order valence-electron chi connectivity index (χ4n) is 2.49. The van der Waals surface area contributed by atoms with E-state index in [-0.39, 0.29) is 24.4 Å². The van der Waals surface area contributed by atoms with Crippen molar-refractivity contribution in [3.05, 3.63) is 44.8 Å². The molecular weight excluding hydrogens is 352 g/mol. The van der Waals surface area contributed by atoms with Crippen LogP contribution < -0.4 is 5.32 Å². The Morgan fingerprint density at radius 2 is 1.87 bits per heavy atom. The summed E-state index contributed by atoms with van der Waals surface area (Å²) < 4.78 is 5.66. The molecule has 0 aromatic carbocycles. The third-order valence-corrected chi connectivity index (χ3v) is 5.34. The monoisotopic (exact) mass is 372 g/mol. The SMILES string of the molecule is Cl.O=C(CC1CNCCO1)N(Cc1cccs1)Cc1cccs1. The Bertz CT molecular complexity index is 533. The van der Waals surface area contributed by atoms with E-state index in [0.717, 1.165) is 13.1 Å². The van der Waals surface area contributed by atoms with Gasteiger partial charge in [0.2, 0.25) is 5.91 Å². The van der Waals surface area contributed by atoms with Crippen LogP contribution in [0.2, 0.25) is 0 Å². The molecule has 3 heterocycles. The van der Waals surface area contributed by atoms with Gasteiger partial charge >= 0.3 is 0 Å². The van der Waals surface area contributed by atoms with Crippen LogP contribution in [0.25, 0.3) is 0 Å². The van der Waals surface area contributed by atoms with Crippen LogP contribution in [0.5, 0.6) is 0 Å². The van der Waals surface area contributed by atoms with Crippen molar-refractivity contribution in [1.29, 1.82) is 0 Å². The van der Waals surface area contributed by atoms with Gasteiger partial charge < -0.3 is 15.0 Å². The highest BCUT2D eigenvalue weighted by atomic mass is 35.5. The Labute approximate surface area is 150 Å². The third kappa shape index (κ3) is 5.58. The largest absolute Gasteiger partial charge is 0.375 e. The number of amides is 1. The average molecular weight is 373 g/mol. The smallest absolute Gasteiger partial charge is 0.225 e. The first-order valence-corrected chi connectivity index (χ1v) is 9.22. The molecule has 4 nitrogen and oxygen atoms in total. The summed E-state index contributed by atoms with van der Waals surface area (Å²) in [5.74, 6) is 0.163. The van der Waals surface area contributed by atoms with E-state index < -0.39 is 0 Å². The van der Waals surface area contributed by atoms with E-state index in [0.29, 0.717) is 26.1 Å². The van der Waals surface area contributed by atoms with Crippen molar-refractivity contribution >= 4 is 41.0 Å². The number of thiophene rings is 2. The number of carbonyl (C=O) groups excluding carboxylic acids is 1. The Balaban J connectivity index is 0.00000192. The van der Waals surface area contributed by atoms with Crippen LogP contribution in [-0.4, -0.2) is 36.6 Å². The molecule has 1 unspecified atom stereocenters. The normalized spacial score (nSPS) is 17.5. The van der Waals surface area contributed by atoms with Crippen molar-refractivity contribution in [3.63, 3.8) is 0 Å². The van der Waals surface area contributed by atoms with Crippen molar-refractivity contribution in [2.24, 2.45) is 0 Å². The van der Waals surface area contributed by atoms with Gasteiger partial charge in [0, 0.05) is 22.8 Å². The zero-order valence-corrected chi connectivity index (χ0v) is 15.2. The summed E-state index contributed by atoms with van der Waals surface area (Å²) >= 11 is 3.39. The van der Waals surface area contributed by atoms with E-state index >= 15 is 0 Å². The lowest BCUT2D eigenvalue weighted by Gasteiger charge is -2.27. The maximum absolute atomic E-state index is 12.7. The highest BCUT2D eigenvalue weighted by Gasteiger charge is 2.22. The molecule has 1 fully saturated rings. The first-order chi connectivity index (χ1) is 10.8. The van der Waals surface area contributed by atoms with Crippen molar-refractivity contribution in [2.45, 2.75) is 25.6 Å². The van der Waals surface area contributed by atoms with Crippen molar-refractivity contribution in [3.8, 4) is 0 Å². The Hall–Kier alpha value is -0.920. The van der Waals surface area contributed by atoms with E-state index in [1.165, 1.54) is 9.75 Å². The zero-order valence-electron chi connectivity index (χ0n) is 12.8. The fraction of sp³-hybridized carbons (Fsp3) is 0.438. The zero-order chi connectivity index (χ0) is 15.2. The number of nitrogens with one attached hydrogen (secondary N) is 1. The molecule has 0 saturated carbocycles. The molecule has 23 heavy (non-hydrogen) atoms. The predicted molar refractivity (Wildman–Crippen MR) is 97.4 cm³/mol. The number of halogens is 1. The summed E-state index contributed by atoms with van der Waals surface area (Å²) in [6, 6.07) is 8.22. The molecule has 3 rings (SSSR count). The van der Waals surface area contributed by atoms with Gasteiger partial charge in [-0.3, -0.25) is 4.79 Å². The first-order valence-electron chi connectivity index (χ1n) is 7.46. The van der Waals surface area contributed by atoms with Gasteiger partial charge in [0.15, 0.2) is 0 Å². The average Bonchev–Trinajstić information content (AvgIpc) is 3.21. The molecule has 1 N–H and O–H groups in total. The van der Waals surface area contributed by atoms with Gasteiger partial charge in [-0.05, 0) is 22.9 Å². The molecular formula is C16H21ClN2O2S2. The van der Waals surface area contributed by atoms with E-state index in [9.17, 15) is 4.79 Å². The second-order valence-electron chi connectivity index (χ2n) is 5.31. The molecule has 1 aliphatic rings. The van der Waals surface area contributed by atoms with Gasteiger partial charge in [-0.25, -0.2) is 0 Å². The number of ether oxygens (including phenoxy) is 1. The van der Waals surface area contributed by atoms with Crippen LogP contribution in [0.3, 0.4) is 0 Å². The molecule has 0 bridgehead atoms. The summed E-state index contributed by atoms with van der Waals surface area (Å²) in [5, 5.41) is 7.38. The Morgan fingerprint density at radius 3 is 2.35 bits per heavy atom. The maximum Gasteiger partial charge on any atom is 0.225 e. The van der Waals surface area contributed by atoms with Gasteiger partial charge in [-0.2, -0.15) is 0 Å². The Kier molecular flexibility index (Phi) is 7.52. The van der Waals surface area contributed by atoms with Gasteiger partial charge in [-0.1, -0.05) is 12.1 Å². The third-order valence-electron chi connectivity index (χ3n) is 3.61. The standard InChI is InChI=1S/C16H20N2O2S2.ClH/c19-16(9-13-10-17-5-6-20-13)18(11-14-3-1-7-21-14)12-15-4-2-8-22-15;/h1-4,7-8,13,17H,5-6,9-12H2;1H. The number of hydrogen-bond acceptors (Lipinski definition) is 5. The second kappa shape index (κ2) is 9.39. The van der Waals surface area contributed by atoms with E-state index in [4.69, 9.17) is 4.74 Å². The Morgan fingerprint density at radius 1 is 1.22 bits per heavy atom. The lowest BCUT2D eigenvalue weighted by molar-refractivity contribution is -0.135. The molecule has 1 saturated heterocycles. The summed E-state index contributed by atoms with van der Waals surface area (Å²) in [6.07, 6.45) is 0.444. The molecule has 2 aromatic rings. The fourth-order valence-corrected chi connectivity index (χ4v) is 3.93. The number of carbonyl (C=O) groups is 1. The summed E-state index contributed by atoms with van der Waals surface area (Å²) in [6.45, 7) is 3.67. The lowest BCUT2D eigenvalue weighted by atomic mass is 10.2. The molecule has 1 amide bonds. The molecule has 7 heteroatoms. The van der Waals surface area contributed by atoms with Crippen LogP contribution in [0.1, 0.15) is 16.2 Å². The number of hydrogen-bond donors (Lipinski definition) is 1. The quantitative estimate of drug-likeness (QED) is 0.846. The van der Waals surface area contributed by atoms with Crippen molar-refractivity contribution in [2.75, 3.05) is 19.7 Å². The summed E-state index contributed by atoms with van der Waals surface area (Å²) in [7, 11) is 0. The number of morpholine rings is 1. The molecule has 2 aromatic heterocycles. The molecule has 0 spiro atoms. The van der Waals surface area contributed by atoms with Gasteiger partial charge in [0.05, 0.1) is 32.2 Å². The minimum Gasteiger partial charge on any atom is -0.375 e. The second-order valence-corrected chi connectivity index (χ2v) is 7.37. The predicted octanol–water partition coefficient (Wildman–Crippen LogP) is 3.14. The lowest BCUT2D eigenvalue weighted by Crippen LogP contribution is -2.42. The van der Waals surface area contributed by atoms with Crippen LogP contribution in [0.4, 0.5) is 0 Å². The molecule has 1 aliphatic heterocycles. The van der Waals surface area contributed by atoms with Crippen molar-refractivity contribution < 1.29 is 9.53 Å². The van der Waals surface area contributed by atoms with Crippen LogP contribution in [-0.2, 0) is 22.6 Å². The number of rotatable bonds is 6. The van der Waals surface area contributed by atoms with Gasteiger partial charge in [0.1, 0.15) is 0 Å². The summed E-state index contributed by atoms with van der Waals surface area (Å²) in [4.78, 5) is 17.1. The maximum atomic E-state index is 12.7. The minimum atomic E-state index is -0.00424. The van der Waals surface area contributed by atoms with Crippen LogP contribution in [0, 0.1) is 0 Å². The molecule has 126 valence electrons. The first kappa shape index (κ1) is 18.4.